The van der Waals surface area contributed by atoms with Gasteiger partial charge < -0.3 is 14.6 Å². The Kier molecular flexibility index (Phi) is 6.74. The molecular weight excluding hydrogens is 188 g/mol. The van der Waals surface area contributed by atoms with Gasteiger partial charge in [0.1, 0.15) is 0 Å². The van der Waals surface area contributed by atoms with Crippen molar-refractivity contribution in [3.8, 4) is 0 Å². The highest BCUT2D eigenvalue weighted by atomic mass is 16.6. The fourth-order valence-electron chi connectivity index (χ4n) is 0.787. The highest BCUT2D eigenvalue weighted by Crippen LogP contribution is 1.99. The molecule has 0 heterocycles. The third kappa shape index (κ3) is 5.53. The minimum Gasteiger partial charge on any atom is -0.463 e. The maximum absolute atomic E-state index is 11.0. The maximum atomic E-state index is 11.0. The van der Waals surface area contributed by atoms with E-state index in [1.165, 1.54) is 6.92 Å². The van der Waals surface area contributed by atoms with Crippen molar-refractivity contribution in [1.82, 2.24) is 0 Å². The molecule has 0 aromatic carbocycles. The van der Waals surface area contributed by atoms with E-state index in [2.05, 4.69) is 4.74 Å². The molecule has 82 valence electrons. The Labute approximate surface area is 83.0 Å². The number of hydrogen-bond acceptors (Lipinski definition) is 5. The molecule has 5 nitrogen and oxygen atoms in total. The Bertz CT molecular complexity index is 190. The van der Waals surface area contributed by atoms with Gasteiger partial charge in [-0.1, -0.05) is 0 Å². The summed E-state index contributed by atoms with van der Waals surface area (Å²) in [5.41, 5.74) is 0. The smallest absolute Gasteiger partial charge is 0.347 e. The van der Waals surface area contributed by atoms with Gasteiger partial charge in [0, 0.05) is 13.0 Å². The second-order valence-electron chi connectivity index (χ2n) is 2.71. The average molecular weight is 204 g/mol. The van der Waals surface area contributed by atoms with E-state index in [0.717, 1.165) is 0 Å². The summed E-state index contributed by atoms with van der Waals surface area (Å²) in [4.78, 5) is 22.0. The first-order valence-corrected chi connectivity index (χ1v) is 4.58. The lowest BCUT2D eigenvalue weighted by Crippen LogP contribution is -2.26. The third-order valence-corrected chi connectivity index (χ3v) is 1.47. The molecule has 0 aliphatic heterocycles. The number of rotatable bonds is 6. The summed E-state index contributed by atoms with van der Waals surface area (Å²) in [5.74, 6) is -1.05. The molecule has 0 amide bonds. The van der Waals surface area contributed by atoms with Gasteiger partial charge in [0.25, 0.3) is 0 Å². The lowest BCUT2D eigenvalue weighted by Gasteiger charge is -2.11. The van der Waals surface area contributed by atoms with Crippen LogP contribution >= 0.6 is 0 Å². The van der Waals surface area contributed by atoms with Gasteiger partial charge in [-0.25, -0.2) is 4.79 Å². The van der Waals surface area contributed by atoms with E-state index in [1.54, 1.807) is 6.92 Å². The molecule has 0 aromatic heterocycles. The molecule has 0 saturated carbocycles. The van der Waals surface area contributed by atoms with E-state index >= 15 is 0 Å². The lowest BCUT2D eigenvalue weighted by atomic mass is 10.3. The summed E-state index contributed by atoms with van der Waals surface area (Å²) >= 11 is 0. The molecule has 14 heavy (non-hydrogen) atoms. The van der Waals surface area contributed by atoms with E-state index in [0.29, 0.717) is 6.42 Å². The molecule has 1 unspecified atom stereocenters. The van der Waals surface area contributed by atoms with Gasteiger partial charge in [0.15, 0.2) is 6.10 Å². The monoisotopic (exact) mass is 204 g/mol. The molecule has 0 bridgehead atoms. The molecule has 0 aromatic rings. The van der Waals surface area contributed by atoms with Crippen molar-refractivity contribution in [3.05, 3.63) is 0 Å². The lowest BCUT2D eigenvalue weighted by molar-refractivity contribution is -0.166. The van der Waals surface area contributed by atoms with Gasteiger partial charge in [-0.2, -0.15) is 0 Å². The summed E-state index contributed by atoms with van der Waals surface area (Å²) in [6, 6.07) is 0. The number of carbonyl (C=O) groups excluding carboxylic acids is 2. The summed E-state index contributed by atoms with van der Waals surface area (Å²) in [6.45, 7) is 3.33. The van der Waals surface area contributed by atoms with Crippen LogP contribution in [0.3, 0.4) is 0 Å². The minimum absolute atomic E-state index is 0.0666. The van der Waals surface area contributed by atoms with Gasteiger partial charge in [-0.3, -0.25) is 4.79 Å². The Morgan fingerprint density at radius 2 is 2.07 bits per heavy atom. The molecule has 0 fully saturated rings. The molecule has 0 spiro atoms. The van der Waals surface area contributed by atoms with Crippen molar-refractivity contribution >= 4 is 11.9 Å². The molecule has 0 saturated heterocycles. The fraction of sp³-hybridized carbons (Fsp3) is 0.778. The first-order chi connectivity index (χ1) is 6.61. The van der Waals surface area contributed by atoms with Crippen LogP contribution in [0.2, 0.25) is 0 Å². The van der Waals surface area contributed by atoms with E-state index in [-0.39, 0.29) is 19.6 Å². The molecule has 5 heteroatoms. The summed E-state index contributed by atoms with van der Waals surface area (Å²) < 4.78 is 9.39. The predicted molar refractivity (Wildman–Crippen MR) is 48.5 cm³/mol. The fourth-order valence-corrected chi connectivity index (χ4v) is 0.787. The Morgan fingerprint density at radius 1 is 1.43 bits per heavy atom. The largest absolute Gasteiger partial charge is 0.463 e. The summed E-state index contributed by atoms with van der Waals surface area (Å²) in [7, 11) is 0. The van der Waals surface area contributed by atoms with Crippen molar-refractivity contribution in [2.24, 2.45) is 0 Å². The van der Waals surface area contributed by atoms with Gasteiger partial charge in [0.05, 0.1) is 6.61 Å². The van der Waals surface area contributed by atoms with Crippen molar-refractivity contribution in [3.63, 3.8) is 0 Å². The van der Waals surface area contributed by atoms with Crippen LogP contribution in [0.1, 0.15) is 26.7 Å². The average Bonchev–Trinajstić information content (AvgIpc) is 2.15. The van der Waals surface area contributed by atoms with E-state index < -0.39 is 18.0 Å². The van der Waals surface area contributed by atoms with Gasteiger partial charge in [0.2, 0.25) is 0 Å². The molecule has 1 N–H and O–H groups in total. The topological polar surface area (TPSA) is 72.8 Å². The van der Waals surface area contributed by atoms with Crippen molar-refractivity contribution in [1.29, 1.82) is 0 Å². The zero-order valence-corrected chi connectivity index (χ0v) is 8.49. The zero-order valence-electron chi connectivity index (χ0n) is 8.49. The Hall–Kier alpha value is -1.10. The van der Waals surface area contributed by atoms with Gasteiger partial charge in [-0.15, -0.1) is 0 Å². The number of carbonyl (C=O) groups is 2. The molecule has 0 aliphatic carbocycles. The summed E-state index contributed by atoms with van der Waals surface area (Å²) in [6.07, 6.45) is -0.421. The number of aliphatic hydroxyl groups excluding tert-OH is 1. The number of hydrogen-bond donors (Lipinski definition) is 1. The standard InChI is InChI=1S/C9H16O5/c1-3-13-9(12)7(2)14-8(11)5-4-6-10/h7,10H,3-6H2,1-2H3. The van der Waals surface area contributed by atoms with Gasteiger partial charge >= 0.3 is 11.9 Å². The normalized spacial score (nSPS) is 11.9. The van der Waals surface area contributed by atoms with E-state index in [1.807, 2.05) is 0 Å². The summed E-state index contributed by atoms with van der Waals surface area (Å²) in [5, 5.41) is 8.44. The number of ether oxygens (including phenoxy) is 2. The Balaban J connectivity index is 3.75. The minimum atomic E-state index is -0.874. The van der Waals surface area contributed by atoms with Crippen molar-refractivity contribution in [2.45, 2.75) is 32.8 Å². The molecule has 0 radical (unpaired) electrons. The van der Waals surface area contributed by atoms with Crippen molar-refractivity contribution < 1.29 is 24.2 Å². The van der Waals surface area contributed by atoms with Crippen LogP contribution in [-0.4, -0.2) is 36.4 Å². The maximum Gasteiger partial charge on any atom is 0.347 e. The van der Waals surface area contributed by atoms with Crippen LogP contribution in [0.5, 0.6) is 0 Å². The van der Waals surface area contributed by atoms with Crippen LogP contribution in [0.4, 0.5) is 0 Å². The Morgan fingerprint density at radius 3 is 2.57 bits per heavy atom. The first-order valence-electron chi connectivity index (χ1n) is 4.58. The van der Waals surface area contributed by atoms with Crippen LogP contribution < -0.4 is 0 Å². The predicted octanol–water partition coefficient (Wildman–Crippen LogP) is 0.254. The third-order valence-electron chi connectivity index (χ3n) is 1.47. The van der Waals surface area contributed by atoms with Gasteiger partial charge in [-0.05, 0) is 20.3 Å². The highest BCUT2D eigenvalue weighted by Gasteiger charge is 2.18. The van der Waals surface area contributed by atoms with Crippen LogP contribution in [0, 0.1) is 0 Å². The zero-order chi connectivity index (χ0) is 11.0. The second kappa shape index (κ2) is 7.32. The SMILES string of the molecule is CCOC(=O)C(C)OC(=O)CCCO. The molecule has 0 aliphatic rings. The quantitative estimate of drug-likeness (QED) is 0.628. The highest BCUT2D eigenvalue weighted by molar-refractivity contribution is 5.78. The van der Waals surface area contributed by atoms with E-state index in [9.17, 15) is 9.59 Å². The van der Waals surface area contributed by atoms with Crippen LogP contribution in [0.25, 0.3) is 0 Å². The number of esters is 2. The molecular formula is C9H16O5. The molecule has 1 atom stereocenters. The molecule has 0 rings (SSSR count). The van der Waals surface area contributed by atoms with Crippen molar-refractivity contribution in [2.75, 3.05) is 13.2 Å². The van der Waals surface area contributed by atoms with Crippen LogP contribution in [0.15, 0.2) is 0 Å². The first kappa shape index (κ1) is 12.9. The number of aliphatic hydroxyl groups is 1. The second-order valence-corrected chi connectivity index (χ2v) is 2.71. The van der Waals surface area contributed by atoms with E-state index in [4.69, 9.17) is 9.84 Å². The van der Waals surface area contributed by atoms with Crippen LogP contribution in [-0.2, 0) is 19.1 Å².